The molecular weight excluding hydrogens is 226 g/mol. The normalized spacial score (nSPS) is 12.9. The number of aliphatic hydroxyl groups excluding tert-OH is 1. The quantitative estimate of drug-likeness (QED) is 0.745. The molecule has 2 N–H and O–H groups in total. The van der Waals surface area contributed by atoms with Crippen molar-refractivity contribution in [2.75, 3.05) is 13.7 Å². The second-order valence-corrected chi connectivity index (χ2v) is 5.16. The van der Waals surface area contributed by atoms with Crippen LogP contribution in [0.15, 0.2) is 24.3 Å². The minimum absolute atomic E-state index is 0.252. The van der Waals surface area contributed by atoms with Crippen LogP contribution in [0.1, 0.15) is 31.4 Å². The van der Waals surface area contributed by atoms with Gasteiger partial charge in [-0.25, -0.2) is 0 Å². The summed E-state index contributed by atoms with van der Waals surface area (Å²) in [7, 11) is 1.70. The molecule has 0 aliphatic carbocycles. The number of hydrogen-bond donors (Lipinski definition) is 2. The van der Waals surface area contributed by atoms with Crippen LogP contribution in [0.5, 0.6) is 0 Å². The molecule has 1 atom stereocenters. The van der Waals surface area contributed by atoms with Crippen molar-refractivity contribution in [2.24, 2.45) is 5.92 Å². The van der Waals surface area contributed by atoms with Gasteiger partial charge in [-0.15, -0.1) is 0 Å². The summed E-state index contributed by atoms with van der Waals surface area (Å²) in [6, 6.07) is 8.34. The Morgan fingerprint density at radius 1 is 1.17 bits per heavy atom. The number of benzene rings is 1. The van der Waals surface area contributed by atoms with Crippen LogP contribution in [0.3, 0.4) is 0 Å². The van der Waals surface area contributed by atoms with E-state index < -0.39 is 0 Å². The lowest BCUT2D eigenvalue weighted by molar-refractivity contribution is 0.146. The zero-order valence-electron chi connectivity index (χ0n) is 11.6. The molecule has 0 aliphatic heterocycles. The third kappa shape index (κ3) is 6.15. The molecule has 0 aromatic heterocycles. The number of hydrogen-bond acceptors (Lipinski definition) is 3. The summed E-state index contributed by atoms with van der Waals surface area (Å²) in [4.78, 5) is 0. The Hall–Kier alpha value is -0.900. The Bertz CT molecular complexity index is 322. The van der Waals surface area contributed by atoms with Crippen molar-refractivity contribution in [3.8, 4) is 0 Å². The third-order valence-corrected chi connectivity index (χ3v) is 2.79. The second kappa shape index (κ2) is 8.25. The summed E-state index contributed by atoms with van der Waals surface area (Å²) in [6.45, 7) is 6.34. The van der Waals surface area contributed by atoms with E-state index in [9.17, 15) is 5.11 Å². The Labute approximate surface area is 110 Å². The molecule has 0 radical (unpaired) electrons. The number of ether oxygens (including phenoxy) is 1. The predicted molar refractivity (Wildman–Crippen MR) is 74.3 cm³/mol. The monoisotopic (exact) mass is 251 g/mol. The van der Waals surface area contributed by atoms with E-state index in [1.54, 1.807) is 7.11 Å². The molecule has 102 valence electrons. The Balaban J connectivity index is 2.26. The fourth-order valence-corrected chi connectivity index (χ4v) is 1.93. The van der Waals surface area contributed by atoms with Crippen molar-refractivity contribution in [3.63, 3.8) is 0 Å². The summed E-state index contributed by atoms with van der Waals surface area (Å²) in [5.74, 6) is 0.537. The smallest absolute Gasteiger partial charge is 0.0713 e. The minimum Gasteiger partial charge on any atom is -0.392 e. The summed E-state index contributed by atoms with van der Waals surface area (Å²) < 4.78 is 5.07. The second-order valence-electron chi connectivity index (χ2n) is 5.16. The van der Waals surface area contributed by atoms with Crippen LogP contribution in [-0.2, 0) is 17.9 Å². The maximum Gasteiger partial charge on any atom is 0.0713 e. The highest BCUT2D eigenvalue weighted by Gasteiger charge is 2.05. The lowest BCUT2D eigenvalue weighted by Crippen LogP contribution is -2.27. The first-order valence-electron chi connectivity index (χ1n) is 6.57. The minimum atomic E-state index is -0.252. The van der Waals surface area contributed by atoms with Crippen molar-refractivity contribution in [3.05, 3.63) is 35.4 Å². The highest BCUT2D eigenvalue weighted by Crippen LogP contribution is 2.06. The molecule has 0 saturated heterocycles. The van der Waals surface area contributed by atoms with Crippen molar-refractivity contribution < 1.29 is 9.84 Å². The first kappa shape index (κ1) is 15.2. The molecule has 0 fully saturated rings. The average Bonchev–Trinajstić information content (AvgIpc) is 2.31. The van der Waals surface area contributed by atoms with E-state index in [4.69, 9.17) is 4.74 Å². The van der Waals surface area contributed by atoms with Gasteiger partial charge in [0.25, 0.3) is 0 Å². The van der Waals surface area contributed by atoms with Gasteiger partial charge in [0.1, 0.15) is 0 Å². The van der Waals surface area contributed by atoms with Gasteiger partial charge in [-0.3, -0.25) is 0 Å². The van der Waals surface area contributed by atoms with E-state index >= 15 is 0 Å². The number of nitrogens with one attached hydrogen (secondary N) is 1. The van der Waals surface area contributed by atoms with Crippen LogP contribution in [-0.4, -0.2) is 24.9 Å². The molecular formula is C15H25NO2. The fraction of sp³-hybridized carbons (Fsp3) is 0.600. The molecule has 3 nitrogen and oxygen atoms in total. The largest absolute Gasteiger partial charge is 0.392 e. The van der Waals surface area contributed by atoms with Crippen LogP contribution < -0.4 is 5.32 Å². The third-order valence-electron chi connectivity index (χ3n) is 2.79. The summed E-state index contributed by atoms with van der Waals surface area (Å²) in [5, 5.41) is 13.0. The molecule has 0 heterocycles. The van der Waals surface area contributed by atoms with Gasteiger partial charge < -0.3 is 15.2 Å². The number of aliphatic hydroxyl groups is 1. The van der Waals surface area contributed by atoms with Crippen molar-refractivity contribution in [1.82, 2.24) is 5.32 Å². The predicted octanol–water partition coefficient (Wildman–Crippen LogP) is 2.33. The van der Waals surface area contributed by atoms with E-state index in [1.165, 1.54) is 11.1 Å². The van der Waals surface area contributed by atoms with Gasteiger partial charge in [0.05, 0.1) is 12.7 Å². The molecule has 1 unspecified atom stereocenters. The summed E-state index contributed by atoms with van der Waals surface area (Å²) >= 11 is 0. The number of rotatable bonds is 8. The molecule has 0 spiro atoms. The fourth-order valence-electron chi connectivity index (χ4n) is 1.93. The summed E-state index contributed by atoms with van der Waals surface area (Å²) in [5.41, 5.74) is 2.41. The van der Waals surface area contributed by atoms with E-state index in [0.29, 0.717) is 19.1 Å². The van der Waals surface area contributed by atoms with Crippen LogP contribution in [0.2, 0.25) is 0 Å². The van der Waals surface area contributed by atoms with Crippen molar-refractivity contribution >= 4 is 0 Å². The van der Waals surface area contributed by atoms with Gasteiger partial charge in [0, 0.05) is 20.2 Å². The molecule has 1 aromatic rings. The average molecular weight is 251 g/mol. The molecule has 1 rings (SSSR count). The van der Waals surface area contributed by atoms with Gasteiger partial charge in [0.2, 0.25) is 0 Å². The maximum atomic E-state index is 9.73. The zero-order valence-corrected chi connectivity index (χ0v) is 11.6. The highest BCUT2D eigenvalue weighted by molar-refractivity contribution is 5.21. The molecule has 1 aromatic carbocycles. The van der Waals surface area contributed by atoms with Gasteiger partial charge in [-0.1, -0.05) is 38.1 Å². The SMILES string of the molecule is COCc1ccc(CNCC(O)CC(C)C)cc1. The standard InChI is InChI=1S/C15H25NO2/c1-12(2)8-15(17)10-16-9-13-4-6-14(7-5-13)11-18-3/h4-7,12,15-17H,8-11H2,1-3H3. The Morgan fingerprint density at radius 2 is 1.78 bits per heavy atom. The van der Waals surface area contributed by atoms with Crippen LogP contribution >= 0.6 is 0 Å². The first-order chi connectivity index (χ1) is 8.61. The molecule has 3 heteroatoms. The van der Waals surface area contributed by atoms with Gasteiger partial charge in [-0.2, -0.15) is 0 Å². The molecule has 0 saturated carbocycles. The molecule has 0 amide bonds. The van der Waals surface area contributed by atoms with Crippen LogP contribution in [0.25, 0.3) is 0 Å². The first-order valence-corrected chi connectivity index (χ1v) is 6.57. The van der Waals surface area contributed by atoms with Gasteiger partial charge >= 0.3 is 0 Å². The van der Waals surface area contributed by atoms with Crippen molar-refractivity contribution in [1.29, 1.82) is 0 Å². The Kier molecular flexibility index (Phi) is 6.94. The van der Waals surface area contributed by atoms with Crippen molar-refractivity contribution in [2.45, 2.75) is 39.5 Å². The van der Waals surface area contributed by atoms with E-state index in [1.807, 2.05) is 0 Å². The van der Waals surface area contributed by atoms with Crippen LogP contribution in [0, 0.1) is 5.92 Å². The van der Waals surface area contributed by atoms with Crippen LogP contribution in [0.4, 0.5) is 0 Å². The highest BCUT2D eigenvalue weighted by atomic mass is 16.5. The molecule has 0 bridgehead atoms. The Morgan fingerprint density at radius 3 is 2.33 bits per heavy atom. The maximum absolute atomic E-state index is 9.73. The lowest BCUT2D eigenvalue weighted by atomic mass is 10.1. The van der Waals surface area contributed by atoms with Gasteiger partial charge in [-0.05, 0) is 23.5 Å². The zero-order chi connectivity index (χ0) is 13.4. The molecule has 0 aliphatic rings. The topological polar surface area (TPSA) is 41.5 Å². The van der Waals surface area contributed by atoms with E-state index in [2.05, 4.69) is 43.4 Å². The van der Waals surface area contributed by atoms with Gasteiger partial charge in [0.15, 0.2) is 0 Å². The molecule has 18 heavy (non-hydrogen) atoms. The summed E-state index contributed by atoms with van der Waals surface area (Å²) in [6.07, 6.45) is 0.595. The lowest BCUT2D eigenvalue weighted by Gasteiger charge is -2.14. The van der Waals surface area contributed by atoms with E-state index in [-0.39, 0.29) is 6.10 Å². The van der Waals surface area contributed by atoms with E-state index in [0.717, 1.165) is 13.0 Å². The number of methoxy groups -OCH3 is 1.